The molecule has 10 nitrogen and oxygen atoms in total. The summed E-state index contributed by atoms with van der Waals surface area (Å²) in [4.78, 5) is 31.6. The normalized spacial score (nSPS) is 14.5. The monoisotopic (exact) mass is 582 g/mol. The van der Waals surface area contributed by atoms with E-state index in [-0.39, 0.29) is 79.8 Å². The highest BCUT2D eigenvalue weighted by molar-refractivity contribution is 7.89. The fourth-order valence-corrected chi connectivity index (χ4v) is 6.31. The summed E-state index contributed by atoms with van der Waals surface area (Å²) in [5, 5.41) is 4.53. The van der Waals surface area contributed by atoms with Crippen LogP contribution in [0.15, 0.2) is 57.3 Å². The van der Waals surface area contributed by atoms with Crippen LogP contribution in [0, 0.1) is 0 Å². The van der Waals surface area contributed by atoms with Crippen LogP contribution < -0.4 is 21.5 Å². The lowest BCUT2D eigenvalue weighted by Crippen LogP contribution is -2.50. The number of nitrogens with zero attached hydrogens (tertiary/aromatic N) is 2. The van der Waals surface area contributed by atoms with Crippen molar-refractivity contribution < 1.29 is 26.8 Å². The Morgan fingerprint density at radius 2 is 1.87 bits per heavy atom. The highest BCUT2D eigenvalue weighted by Crippen LogP contribution is 2.36. The second kappa shape index (κ2) is 13.6. The zero-order valence-electron chi connectivity index (χ0n) is 21.5. The molecule has 1 atom stereocenters. The van der Waals surface area contributed by atoms with Crippen LogP contribution in [0.3, 0.4) is 0 Å². The SMILES string of the molecule is CCC(=O)Nc1c(-c2cccs2)cccc1S(=O)(=O)NC(CCCN=C(N)N)C(=O)N1CCC(=C(F)F)CC1. The molecule has 212 valence electrons. The standard InChI is InChI=1S/C25H32F2N6O4S2/c1-2-21(34)31-22-17(19-8-5-15-38-19)6-3-9-20(22)39(36,37)32-18(7-4-12-30-25(28)29)24(35)33-13-10-16(11-14-33)23(26)27/h3,5-6,8-9,15,18,32H,2,4,7,10-14H2,1H3,(H,31,34)(H4,28,29,30). The molecule has 1 unspecified atom stereocenters. The number of anilines is 1. The number of guanidine groups is 1. The average Bonchev–Trinajstić information content (AvgIpc) is 3.44. The summed E-state index contributed by atoms with van der Waals surface area (Å²) in [6, 6.07) is 7.03. The number of nitrogens with two attached hydrogens (primary N) is 2. The van der Waals surface area contributed by atoms with E-state index in [2.05, 4.69) is 15.0 Å². The Balaban J connectivity index is 1.94. The topological polar surface area (TPSA) is 160 Å². The third-order valence-corrected chi connectivity index (χ3v) is 8.59. The Bertz CT molecular complexity index is 1330. The third-order valence-electron chi connectivity index (χ3n) is 6.17. The molecule has 1 aromatic carbocycles. The minimum absolute atomic E-state index is 0.00867. The smallest absolute Gasteiger partial charge is 0.269 e. The number of hydrogen-bond donors (Lipinski definition) is 4. The third kappa shape index (κ3) is 8.07. The number of piperidine rings is 1. The number of carbonyl (C=O) groups excluding carboxylic acids is 2. The molecule has 2 aromatic rings. The van der Waals surface area contributed by atoms with E-state index in [1.54, 1.807) is 25.1 Å². The van der Waals surface area contributed by atoms with Crippen LogP contribution in [-0.2, 0) is 19.6 Å². The van der Waals surface area contributed by atoms with Gasteiger partial charge < -0.3 is 21.7 Å². The molecule has 1 aliphatic rings. The van der Waals surface area contributed by atoms with Crippen molar-refractivity contribution in [1.82, 2.24) is 9.62 Å². The van der Waals surface area contributed by atoms with Crippen molar-refractivity contribution in [1.29, 1.82) is 0 Å². The quantitative estimate of drug-likeness (QED) is 0.181. The van der Waals surface area contributed by atoms with E-state index in [9.17, 15) is 26.8 Å². The molecule has 1 aromatic heterocycles. The van der Waals surface area contributed by atoms with Gasteiger partial charge in [-0.3, -0.25) is 14.6 Å². The van der Waals surface area contributed by atoms with Gasteiger partial charge in [0.05, 0.1) is 5.69 Å². The minimum Gasteiger partial charge on any atom is -0.370 e. The molecule has 0 bridgehead atoms. The van der Waals surface area contributed by atoms with Gasteiger partial charge in [-0.25, -0.2) is 8.42 Å². The summed E-state index contributed by atoms with van der Waals surface area (Å²) < 4.78 is 55.9. The summed E-state index contributed by atoms with van der Waals surface area (Å²) in [6.07, 6.45) is -1.25. The maximum absolute atomic E-state index is 13.7. The molecule has 0 saturated carbocycles. The number of halogens is 2. The number of aliphatic imine (C=N–C) groups is 1. The summed E-state index contributed by atoms with van der Waals surface area (Å²) >= 11 is 1.38. The maximum Gasteiger partial charge on any atom is 0.269 e. The van der Waals surface area contributed by atoms with Crippen LogP contribution in [0.25, 0.3) is 10.4 Å². The van der Waals surface area contributed by atoms with Crippen LogP contribution in [0.2, 0.25) is 0 Å². The number of likely N-dealkylation sites (tertiary alicyclic amines) is 1. The van der Waals surface area contributed by atoms with Crippen molar-refractivity contribution >= 4 is 44.8 Å². The van der Waals surface area contributed by atoms with E-state index in [1.165, 1.54) is 22.3 Å². The van der Waals surface area contributed by atoms with Gasteiger partial charge in [0.25, 0.3) is 6.08 Å². The number of nitrogens with one attached hydrogen (secondary N) is 2. The van der Waals surface area contributed by atoms with Gasteiger partial charge in [-0.15, -0.1) is 11.3 Å². The second-order valence-electron chi connectivity index (χ2n) is 8.87. The van der Waals surface area contributed by atoms with Gasteiger partial charge in [-0.1, -0.05) is 25.1 Å². The average molecular weight is 583 g/mol. The van der Waals surface area contributed by atoms with Crippen LogP contribution >= 0.6 is 11.3 Å². The van der Waals surface area contributed by atoms with E-state index in [0.717, 1.165) is 4.88 Å². The molecule has 2 heterocycles. The molecule has 1 aliphatic heterocycles. The molecule has 0 radical (unpaired) electrons. The molecule has 0 aliphatic carbocycles. The molecule has 39 heavy (non-hydrogen) atoms. The molecule has 1 saturated heterocycles. The van der Waals surface area contributed by atoms with Crippen LogP contribution in [0.5, 0.6) is 0 Å². The molecule has 2 amide bonds. The number of amides is 2. The first-order chi connectivity index (χ1) is 18.5. The lowest BCUT2D eigenvalue weighted by molar-refractivity contribution is -0.133. The van der Waals surface area contributed by atoms with Gasteiger partial charge in [0, 0.05) is 36.5 Å². The van der Waals surface area contributed by atoms with Gasteiger partial charge in [0.15, 0.2) is 5.96 Å². The highest BCUT2D eigenvalue weighted by Gasteiger charge is 2.32. The number of benzene rings is 1. The van der Waals surface area contributed by atoms with Crippen molar-refractivity contribution in [2.75, 3.05) is 25.0 Å². The van der Waals surface area contributed by atoms with Gasteiger partial charge >= 0.3 is 0 Å². The second-order valence-corrected chi connectivity index (χ2v) is 11.5. The summed E-state index contributed by atoms with van der Waals surface area (Å²) in [6.45, 7) is 1.90. The van der Waals surface area contributed by atoms with Gasteiger partial charge in [0.1, 0.15) is 10.9 Å². The lowest BCUT2D eigenvalue weighted by atomic mass is 10.0. The Hall–Kier alpha value is -3.36. The highest BCUT2D eigenvalue weighted by atomic mass is 32.2. The van der Waals surface area contributed by atoms with Crippen molar-refractivity contribution in [3.63, 3.8) is 0 Å². The first kappa shape index (κ1) is 30.2. The number of thiophene rings is 1. The fourth-order valence-electron chi connectivity index (χ4n) is 4.14. The van der Waals surface area contributed by atoms with E-state index in [0.29, 0.717) is 5.56 Å². The van der Waals surface area contributed by atoms with Gasteiger partial charge in [-0.05, 0) is 48.8 Å². The van der Waals surface area contributed by atoms with Gasteiger partial charge in [-0.2, -0.15) is 13.5 Å². The zero-order valence-corrected chi connectivity index (χ0v) is 23.1. The Morgan fingerprint density at radius 1 is 1.15 bits per heavy atom. The molecular formula is C25H32F2N6O4S2. The van der Waals surface area contributed by atoms with Crippen LogP contribution in [0.4, 0.5) is 14.5 Å². The van der Waals surface area contributed by atoms with Gasteiger partial charge in [0.2, 0.25) is 21.8 Å². The van der Waals surface area contributed by atoms with Crippen molar-refractivity contribution in [3.05, 3.63) is 47.4 Å². The van der Waals surface area contributed by atoms with Crippen LogP contribution in [0.1, 0.15) is 39.0 Å². The fraction of sp³-hybridized carbons (Fsp3) is 0.400. The molecule has 6 N–H and O–H groups in total. The summed E-state index contributed by atoms with van der Waals surface area (Å²) in [5.74, 6) is -1.04. The Morgan fingerprint density at radius 3 is 2.46 bits per heavy atom. The number of carbonyl (C=O) groups is 2. The van der Waals surface area contributed by atoms with Crippen molar-refractivity contribution in [2.45, 2.75) is 50.0 Å². The number of rotatable bonds is 11. The number of para-hydroxylation sites is 1. The largest absolute Gasteiger partial charge is 0.370 e. The first-order valence-electron chi connectivity index (χ1n) is 12.4. The summed E-state index contributed by atoms with van der Waals surface area (Å²) in [7, 11) is -4.34. The van der Waals surface area contributed by atoms with E-state index in [1.807, 2.05) is 11.4 Å². The first-order valence-corrected chi connectivity index (χ1v) is 14.8. The Labute approximate surface area is 230 Å². The lowest BCUT2D eigenvalue weighted by Gasteiger charge is -2.31. The van der Waals surface area contributed by atoms with E-state index < -0.39 is 28.1 Å². The zero-order chi connectivity index (χ0) is 28.6. The van der Waals surface area contributed by atoms with Crippen LogP contribution in [-0.4, -0.2) is 56.8 Å². The van der Waals surface area contributed by atoms with Crippen molar-refractivity contribution in [3.8, 4) is 10.4 Å². The molecular weight excluding hydrogens is 550 g/mol. The molecule has 14 heteroatoms. The predicted molar refractivity (Wildman–Crippen MR) is 148 cm³/mol. The predicted octanol–water partition coefficient (Wildman–Crippen LogP) is 3.24. The van der Waals surface area contributed by atoms with Crippen molar-refractivity contribution in [2.24, 2.45) is 16.5 Å². The number of sulfonamides is 1. The maximum atomic E-state index is 13.7. The van der Waals surface area contributed by atoms with E-state index in [4.69, 9.17) is 11.5 Å². The summed E-state index contributed by atoms with van der Waals surface area (Å²) in [5.41, 5.74) is 11.4. The Kier molecular flexibility index (Phi) is 10.5. The van der Waals surface area contributed by atoms with E-state index >= 15 is 0 Å². The minimum atomic E-state index is -4.34. The molecule has 0 spiro atoms. The molecule has 1 fully saturated rings. The number of hydrogen-bond acceptors (Lipinski definition) is 6. The molecule has 3 rings (SSSR count).